The third kappa shape index (κ3) is 3.29. The summed E-state index contributed by atoms with van der Waals surface area (Å²) in [6.45, 7) is 7.12. The monoisotopic (exact) mass is 294 g/mol. The predicted octanol–water partition coefficient (Wildman–Crippen LogP) is 3.07. The molecule has 0 spiro atoms. The van der Waals surface area contributed by atoms with Crippen LogP contribution in [0.15, 0.2) is 36.4 Å². The Morgan fingerprint density at radius 2 is 1.95 bits per heavy atom. The number of allylic oxidation sites excluding steroid dienone is 1. The van der Waals surface area contributed by atoms with E-state index in [0.29, 0.717) is 12.0 Å². The van der Waals surface area contributed by atoms with Crippen LogP contribution in [0.5, 0.6) is 0 Å². The van der Waals surface area contributed by atoms with Crippen molar-refractivity contribution in [3.63, 3.8) is 0 Å². The van der Waals surface area contributed by atoms with Crippen molar-refractivity contribution in [2.45, 2.75) is 32.1 Å². The molecule has 0 bridgehead atoms. The second-order valence-electron chi connectivity index (χ2n) is 4.69. The number of carbonyl (C=O) groups is 2. The highest BCUT2D eigenvalue weighted by molar-refractivity contribution is 6.06. The highest BCUT2D eigenvalue weighted by Gasteiger charge is 2.51. The molecule has 1 atom stereocenters. The molecule has 0 aromatic heterocycles. The second kappa shape index (κ2) is 7.02. The minimum Gasteiger partial charge on any atom is -0.480 e. The fourth-order valence-corrected chi connectivity index (χ4v) is 2.12. The molecule has 1 aromatic carbocycles. The van der Waals surface area contributed by atoms with E-state index < -0.39 is 23.2 Å². The number of rotatable bonds is 7. The van der Waals surface area contributed by atoms with Gasteiger partial charge in [-0.2, -0.15) is 0 Å². The van der Waals surface area contributed by atoms with Gasteiger partial charge in [-0.3, -0.25) is 9.59 Å². The van der Waals surface area contributed by atoms with Crippen molar-refractivity contribution in [1.82, 2.24) is 0 Å². The van der Waals surface area contributed by atoms with Gasteiger partial charge in [0.15, 0.2) is 5.41 Å². The van der Waals surface area contributed by atoms with Gasteiger partial charge in [0, 0.05) is 5.56 Å². The summed E-state index contributed by atoms with van der Waals surface area (Å²) in [5, 5.41) is 9.63. The van der Waals surface area contributed by atoms with Crippen LogP contribution in [-0.4, -0.2) is 23.7 Å². The van der Waals surface area contributed by atoms with Crippen LogP contribution in [0.2, 0.25) is 0 Å². The summed E-state index contributed by atoms with van der Waals surface area (Å²) < 4.78 is 19.0. The minimum atomic E-state index is -2.10. The molecule has 0 aliphatic carbocycles. The quantitative estimate of drug-likeness (QED) is 0.477. The summed E-state index contributed by atoms with van der Waals surface area (Å²) in [4.78, 5) is 24.1. The summed E-state index contributed by atoms with van der Waals surface area (Å²) in [5.74, 6) is -3.17. The summed E-state index contributed by atoms with van der Waals surface area (Å²) in [5.41, 5.74) is -1.77. The topological polar surface area (TPSA) is 63.6 Å². The van der Waals surface area contributed by atoms with E-state index in [1.165, 1.54) is 18.2 Å². The number of benzene rings is 1. The summed E-state index contributed by atoms with van der Waals surface area (Å²) in [6, 6.07) is 5.35. The number of ether oxygens (including phenoxy) is 1. The number of carbonyl (C=O) groups excluding carboxylic acids is 1. The summed E-state index contributed by atoms with van der Waals surface area (Å²) in [6.07, 6.45) is 0.293. The molecule has 0 saturated heterocycles. The average Bonchev–Trinajstić information content (AvgIpc) is 2.45. The van der Waals surface area contributed by atoms with Gasteiger partial charge >= 0.3 is 11.9 Å². The Balaban J connectivity index is 3.51. The van der Waals surface area contributed by atoms with E-state index in [2.05, 4.69) is 6.58 Å². The first-order chi connectivity index (χ1) is 9.90. The maximum absolute atomic E-state index is 14.1. The first-order valence-electron chi connectivity index (χ1n) is 6.72. The van der Waals surface area contributed by atoms with Crippen molar-refractivity contribution in [3.8, 4) is 0 Å². The lowest BCUT2D eigenvalue weighted by Crippen LogP contribution is -2.46. The zero-order valence-electron chi connectivity index (χ0n) is 12.2. The van der Waals surface area contributed by atoms with E-state index >= 15 is 0 Å². The number of hydrogen-bond donors (Lipinski definition) is 1. The number of carboxylic acids is 1. The van der Waals surface area contributed by atoms with Gasteiger partial charge in [0.2, 0.25) is 0 Å². The molecule has 1 rings (SSSR count). The molecule has 114 valence electrons. The lowest BCUT2D eigenvalue weighted by Gasteiger charge is -2.28. The Bertz CT molecular complexity index is 553. The molecule has 0 aliphatic heterocycles. The van der Waals surface area contributed by atoms with Gasteiger partial charge in [-0.1, -0.05) is 37.3 Å². The van der Waals surface area contributed by atoms with Crippen LogP contribution in [0.1, 0.15) is 32.3 Å². The first-order valence-corrected chi connectivity index (χ1v) is 6.72. The second-order valence-corrected chi connectivity index (χ2v) is 4.69. The van der Waals surface area contributed by atoms with E-state index in [1.54, 1.807) is 13.8 Å². The van der Waals surface area contributed by atoms with Crippen molar-refractivity contribution in [1.29, 1.82) is 0 Å². The fourth-order valence-electron chi connectivity index (χ4n) is 2.12. The largest absolute Gasteiger partial charge is 0.480 e. The molecule has 0 radical (unpaired) electrons. The standard InChI is InChI=1S/C16H19FO4/c1-4-11(3)10-16(14(18)19,15(20)21-5-2)12-8-6-7-9-13(12)17/h6-9H,3-5,10H2,1-2H3,(H,18,19). The minimum absolute atomic E-state index is 0.0148. The highest BCUT2D eigenvalue weighted by Crippen LogP contribution is 2.35. The van der Waals surface area contributed by atoms with Crippen molar-refractivity contribution in [2.75, 3.05) is 6.61 Å². The molecule has 0 fully saturated rings. The third-order valence-corrected chi connectivity index (χ3v) is 3.34. The molecule has 0 amide bonds. The maximum atomic E-state index is 14.1. The molecule has 1 N–H and O–H groups in total. The lowest BCUT2D eigenvalue weighted by atomic mass is 9.75. The molecular formula is C16H19FO4. The van der Waals surface area contributed by atoms with Gasteiger partial charge in [-0.15, -0.1) is 0 Å². The predicted molar refractivity (Wildman–Crippen MR) is 76.4 cm³/mol. The lowest BCUT2D eigenvalue weighted by molar-refractivity contribution is -0.161. The fraction of sp³-hybridized carbons (Fsp3) is 0.375. The van der Waals surface area contributed by atoms with Crippen LogP contribution in [-0.2, 0) is 19.7 Å². The Morgan fingerprint density at radius 3 is 2.43 bits per heavy atom. The Hall–Kier alpha value is -2.17. The molecular weight excluding hydrogens is 275 g/mol. The van der Waals surface area contributed by atoms with E-state index in [4.69, 9.17) is 4.74 Å². The van der Waals surface area contributed by atoms with Gasteiger partial charge in [-0.05, 0) is 25.8 Å². The highest BCUT2D eigenvalue weighted by atomic mass is 19.1. The van der Waals surface area contributed by atoms with Gasteiger partial charge < -0.3 is 9.84 Å². The number of aliphatic carboxylic acids is 1. The van der Waals surface area contributed by atoms with E-state index in [0.717, 1.165) is 6.07 Å². The first kappa shape index (κ1) is 16.9. The number of hydrogen-bond acceptors (Lipinski definition) is 3. The zero-order chi connectivity index (χ0) is 16.0. The maximum Gasteiger partial charge on any atom is 0.328 e. The molecule has 1 aromatic rings. The summed E-state index contributed by atoms with van der Waals surface area (Å²) in [7, 11) is 0. The van der Waals surface area contributed by atoms with Crippen molar-refractivity contribution >= 4 is 11.9 Å². The molecule has 1 unspecified atom stereocenters. The molecule has 0 aliphatic rings. The molecule has 21 heavy (non-hydrogen) atoms. The van der Waals surface area contributed by atoms with Crippen molar-refractivity contribution in [2.24, 2.45) is 0 Å². The van der Waals surface area contributed by atoms with Crippen LogP contribution in [0.4, 0.5) is 4.39 Å². The normalized spacial score (nSPS) is 13.3. The Morgan fingerprint density at radius 1 is 1.33 bits per heavy atom. The van der Waals surface area contributed by atoms with Crippen molar-refractivity contribution in [3.05, 3.63) is 47.8 Å². The van der Waals surface area contributed by atoms with Crippen molar-refractivity contribution < 1.29 is 23.8 Å². The number of esters is 1. The van der Waals surface area contributed by atoms with E-state index in [-0.39, 0.29) is 18.6 Å². The SMILES string of the molecule is C=C(CC)CC(C(=O)O)(C(=O)OCC)c1ccccc1F. The van der Waals surface area contributed by atoms with Gasteiger partial charge in [0.25, 0.3) is 0 Å². The third-order valence-electron chi connectivity index (χ3n) is 3.34. The number of halogens is 1. The van der Waals surface area contributed by atoms with Crippen LogP contribution in [0, 0.1) is 5.82 Å². The Labute approximate surface area is 123 Å². The van der Waals surface area contributed by atoms with Gasteiger partial charge in [-0.25, -0.2) is 4.39 Å². The Kier molecular flexibility index (Phi) is 5.64. The molecule has 0 heterocycles. The zero-order valence-corrected chi connectivity index (χ0v) is 12.2. The van der Waals surface area contributed by atoms with Gasteiger partial charge in [0.1, 0.15) is 5.82 Å². The van der Waals surface area contributed by atoms with Gasteiger partial charge in [0.05, 0.1) is 6.61 Å². The van der Waals surface area contributed by atoms with E-state index in [9.17, 15) is 19.1 Å². The van der Waals surface area contributed by atoms with E-state index in [1.807, 2.05) is 0 Å². The summed E-state index contributed by atoms with van der Waals surface area (Å²) >= 11 is 0. The smallest absolute Gasteiger partial charge is 0.328 e. The number of carboxylic acid groups (broad SMARTS) is 1. The van der Waals surface area contributed by atoms with Crippen LogP contribution >= 0.6 is 0 Å². The molecule has 5 heteroatoms. The van der Waals surface area contributed by atoms with Crippen LogP contribution < -0.4 is 0 Å². The molecule has 4 nitrogen and oxygen atoms in total. The van der Waals surface area contributed by atoms with Crippen LogP contribution in [0.25, 0.3) is 0 Å². The van der Waals surface area contributed by atoms with Crippen LogP contribution in [0.3, 0.4) is 0 Å². The average molecular weight is 294 g/mol. The molecule has 0 saturated carbocycles.